The van der Waals surface area contributed by atoms with Crippen molar-refractivity contribution in [2.45, 2.75) is 43.9 Å². The number of carbonyl (C=O) groups excluding carboxylic acids is 1. The Morgan fingerprint density at radius 3 is 2.55 bits per heavy atom. The zero-order chi connectivity index (χ0) is 14.8. The monoisotopic (exact) mass is 342 g/mol. The molecule has 0 aliphatic rings. The average Bonchev–Trinajstić information content (AvgIpc) is 2.48. The molecule has 1 atom stereocenters. The molecule has 1 aromatic carbocycles. The first kappa shape index (κ1) is 17.0. The number of methoxy groups -OCH3 is 1. The lowest BCUT2D eigenvalue weighted by molar-refractivity contribution is -0.143. The average molecular weight is 343 g/mol. The van der Waals surface area contributed by atoms with Gasteiger partial charge in [0.1, 0.15) is 10.6 Å². The third-order valence-corrected chi connectivity index (χ3v) is 3.91. The Kier molecular flexibility index (Phi) is 8.35. The molecule has 0 radical (unpaired) electrons. The van der Waals surface area contributed by atoms with Gasteiger partial charge in [0, 0.05) is 0 Å². The number of ether oxygens (including phenoxy) is 2. The highest BCUT2D eigenvalue weighted by molar-refractivity contribution is 9.10. The Bertz CT molecular complexity index is 389. The number of esters is 1. The van der Waals surface area contributed by atoms with Crippen molar-refractivity contribution in [3.8, 4) is 5.75 Å². The molecule has 0 aliphatic heterocycles. The van der Waals surface area contributed by atoms with E-state index in [1.807, 2.05) is 12.1 Å². The minimum Gasteiger partial charge on any atom is -0.497 e. The fourth-order valence-electron chi connectivity index (χ4n) is 1.80. The summed E-state index contributed by atoms with van der Waals surface area (Å²) in [5, 5.41) is 0. The SMILES string of the molecule is CCCCOC(=O)C(Br)CCCc1ccc(OC)cc1. The zero-order valence-electron chi connectivity index (χ0n) is 12.2. The summed E-state index contributed by atoms with van der Waals surface area (Å²) in [5.41, 5.74) is 1.25. The van der Waals surface area contributed by atoms with E-state index in [0.29, 0.717) is 6.61 Å². The predicted molar refractivity (Wildman–Crippen MR) is 84.5 cm³/mol. The lowest BCUT2D eigenvalue weighted by Crippen LogP contribution is -2.18. The van der Waals surface area contributed by atoms with Crippen molar-refractivity contribution in [2.24, 2.45) is 0 Å². The van der Waals surface area contributed by atoms with Crippen LogP contribution in [0.4, 0.5) is 0 Å². The second-order valence-corrected chi connectivity index (χ2v) is 5.83. The topological polar surface area (TPSA) is 35.5 Å². The summed E-state index contributed by atoms with van der Waals surface area (Å²) in [5.74, 6) is 0.722. The summed E-state index contributed by atoms with van der Waals surface area (Å²) in [7, 11) is 1.66. The highest BCUT2D eigenvalue weighted by Crippen LogP contribution is 2.16. The third-order valence-electron chi connectivity index (χ3n) is 3.08. The van der Waals surface area contributed by atoms with Gasteiger partial charge in [0.25, 0.3) is 0 Å². The minimum absolute atomic E-state index is 0.145. The highest BCUT2D eigenvalue weighted by Gasteiger charge is 2.15. The molecule has 1 rings (SSSR count). The molecule has 20 heavy (non-hydrogen) atoms. The van der Waals surface area contributed by atoms with Crippen LogP contribution in [-0.4, -0.2) is 24.5 Å². The molecule has 1 aromatic rings. The van der Waals surface area contributed by atoms with Gasteiger partial charge in [-0.1, -0.05) is 41.4 Å². The van der Waals surface area contributed by atoms with Crippen molar-refractivity contribution in [3.63, 3.8) is 0 Å². The molecule has 0 saturated carbocycles. The summed E-state index contributed by atoms with van der Waals surface area (Å²) in [6.45, 7) is 2.60. The molecule has 0 spiro atoms. The Morgan fingerprint density at radius 2 is 1.95 bits per heavy atom. The van der Waals surface area contributed by atoms with Crippen molar-refractivity contribution in [1.82, 2.24) is 0 Å². The van der Waals surface area contributed by atoms with Gasteiger partial charge in [-0.15, -0.1) is 0 Å². The first-order valence-corrected chi connectivity index (χ1v) is 8.02. The van der Waals surface area contributed by atoms with Gasteiger partial charge in [-0.3, -0.25) is 4.79 Å². The van der Waals surface area contributed by atoms with Crippen molar-refractivity contribution < 1.29 is 14.3 Å². The molecule has 0 aromatic heterocycles. The van der Waals surface area contributed by atoms with Gasteiger partial charge >= 0.3 is 5.97 Å². The molecule has 0 N–H and O–H groups in total. The molecule has 4 heteroatoms. The van der Waals surface area contributed by atoms with Gasteiger partial charge in [-0.2, -0.15) is 0 Å². The fourth-order valence-corrected chi connectivity index (χ4v) is 2.26. The summed E-state index contributed by atoms with van der Waals surface area (Å²) in [4.78, 5) is 11.5. The number of hydrogen-bond donors (Lipinski definition) is 0. The highest BCUT2D eigenvalue weighted by atomic mass is 79.9. The van der Waals surface area contributed by atoms with E-state index in [9.17, 15) is 4.79 Å². The van der Waals surface area contributed by atoms with Crippen LogP contribution in [0.1, 0.15) is 38.2 Å². The molecule has 0 heterocycles. The Labute approximate surface area is 129 Å². The van der Waals surface area contributed by atoms with Crippen LogP contribution in [0, 0.1) is 0 Å². The van der Waals surface area contributed by atoms with E-state index in [2.05, 4.69) is 35.0 Å². The molecule has 0 saturated heterocycles. The van der Waals surface area contributed by atoms with E-state index in [1.54, 1.807) is 7.11 Å². The number of hydrogen-bond acceptors (Lipinski definition) is 3. The molecular formula is C16H23BrO3. The smallest absolute Gasteiger partial charge is 0.319 e. The minimum atomic E-state index is -0.197. The van der Waals surface area contributed by atoms with Crippen molar-refractivity contribution in [3.05, 3.63) is 29.8 Å². The summed E-state index contributed by atoms with van der Waals surface area (Å²) < 4.78 is 10.3. The number of alkyl halides is 1. The standard InChI is InChI=1S/C16H23BrO3/c1-3-4-12-20-16(18)15(17)7-5-6-13-8-10-14(19-2)11-9-13/h8-11,15H,3-7,12H2,1-2H3. The van der Waals surface area contributed by atoms with Crippen LogP contribution < -0.4 is 4.74 Å². The van der Waals surface area contributed by atoms with Crippen LogP contribution in [0.15, 0.2) is 24.3 Å². The summed E-state index contributed by atoms with van der Waals surface area (Å²) >= 11 is 3.40. The normalized spacial score (nSPS) is 11.9. The molecule has 0 aliphatic carbocycles. The van der Waals surface area contributed by atoms with Crippen LogP contribution in [0.25, 0.3) is 0 Å². The van der Waals surface area contributed by atoms with Gasteiger partial charge in [0.15, 0.2) is 0 Å². The zero-order valence-corrected chi connectivity index (χ0v) is 13.8. The van der Waals surface area contributed by atoms with Gasteiger partial charge < -0.3 is 9.47 Å². The van der Waals surface area contributed by atoms with E-state index < -0.39 is 0 Å². The number of unbranched alkanes of at least 4 members (excludes halogenated alkanes) is 1. The fraction of sp³-hybridized carbons (Fsp3) is 0.562. The number of benzene rings is 1. The van der Waals surface area contributed by atoms with Crippen LogP contribution in [0.2, 0.25) is 0 Å². The number of aryl methyl sites for hydroxylation is 1. The van der Waals surface area contributed by atoms with Gasteiger partial charge in [-0.05, 0) is 43.4 Å². The summed E-state index contributed by atoms with van der Waals surface area (Å²) in [6.07, 6.45) is 4.66. The number of halogens is 1. The largest absolute Gasteiger partial charge is 0.497 e. The quantitative estimate of drug-likeness (QED) is 0.384. The maximum absolute atomic E-state index is 11.7. The lowest BCUT2D eigenvalue weighted by Gasteiger charge is -2.10. The number of rotatable bonds is 9. The Morgan fingerprint density at radius 1 is 1.25 bits per heavy atom. The Hall–Kier alpha value is -1.03. The molecule has 3 nitrogen and oxygen atoms in total. The van der Waals surface area contributed by atoms with Crippen LogP contribution in [0.5, 0.6) is 5.75 Å². The first-order valence-electron chi connectivity index (χ1n) is 7.11. The van der Waals surface area contributed by atoms with Crippen LogP contribution in [0.3, 0.4) is 0 Å². The predicted octanol–water partition coefficient (Wildman–Crippen LogP) is 4.12. The van der Waals surface area contributed by atoms with E-state index in [4.69, 9.17) is 9.47 Å². The molecular weight excluding hydrogens is 320 g/mol. The molecule has 0 amide bonds. The molecule has 0 bridgehead atoms. The lowest BCUT2D eigenvalue weighted by atomic mass is 10.1. The van der Waals surface area contributed by atoms with E-state index >= 15 is 0 Å². The first-order chi connectivity index (χ1) is 9.67. The van der Waals surface area contributed by atoms with Crippen LogP contribution in [-0.2, 0) is 16.0 Å². The van der Waals surface area contributed by atoms with Gasteiger partial charge in [0.05, 0.1) is 13.7 Å². The van der Waals surface area contributed by atoms with E-state index in [-0.39, 0.29) is 10.8 Å². The maximum Gasteiger partial charge on any atom is 0.319 e. The van der Waals surface area contributed by atoms with Crippen molar-refractivity contribution in [2.75, 3.05) is 13.7 Å². The van der Waals surface area contributed by atoms with E-state index in [1.165, 1.54) is 5.56 Å². The van der Waals surface area contributed by atoms with Crippen molar-refractivity contribution >= 4 is 21.9 Å². The molecule has 112 valence electrons. The van der Waals surface area contributed by atoms with E-state index in [0.717, 1.165) is 37.9 Å². The van der Waals surface area contributed by atoms with Crippen molar-refractivity contribution in [1.29, 1.82) is 0 Å². The number of carbonyl (C=O) groups is 1. The second-order valence-electron chi connectivity index (χ2n) is 4.73. The van der Waals surface area contributed by atoms with Gasteiger partial charge in [0.2, 0.25) is 0 Å². The molecule has 1 unspecified atom stereocenters. The Balaban J connectivity index is 2.23. The second kappa shape index (κ2) is 9.81. The third kappa shape index (κ3) is 6.42. The molecule has 0 fully saturated rings. The van der Waals surface area contributed by atoms with Gasteiger partial charge in [-0.25, -0.2) is 0 Å². The maximum atomic E-state index is 11.7. The van der Waals surface area contributed by atoms with Crippen LogP contribution >= 0.6 is 15.9 Å². The summed E-state index contributed by atoms with van der Waals surface area (Å²) in [6, 6.07) is 8.03.